The maximum atomic E-state index is 12.9. The molecule has 0 aliphatic rings. The SMILES string of the molecule is C=C(CC)COc1ccc(F)cc1CN. The summed E-state index contributed by atoms with van der Waals surface area (Å²) in [4.78, 5) is 0. The van der Waals surface area contributed by atoms with Crippen molar-refractivity contribution in [3.63, 3.8) is 0 Å². The molecule has 0 aromatic heterocycles. The maximum absolute atomic E-state index is 12.9. The van der Waals surface area contributed by atoms with E-state index in [4.69, 9.17) is 10.5 Å². The fourth-order valence-electron chi connectivity index (χ4n) is 1.13. The minimum atomic E-state index is -0.294. The van der Waals surface area contributed by atoms with Crippen LogP contribution in [-0.4, -0.2) is 6.61 Å². The van der Waals surface area contributed by atoms with Gasteiger partial charge in [-0.1, -0.05) is 13.5 Å². The molecular formula is C12H16FNO. The fourth-order valence-corrected chi connectivity index (χ4v) is 1.13. The molecular weight excluding hydrogens is 193 g/mol. The number of hydrogen-bond donors (Lipinski definition) is 1. The third kappa shape index (κ3) is 3.36. The summed E-state index contributed by atoms with van der Waals surface area (Å²) in [6, 6.07) is 4.35. The summed E-state index contributed by atoms with van der Waals surface area (Å²) in [5.74, 6) is 0.339. The molecule has 82 valence electrons. The molecule has 0 radical (unpaired) electrons. The van der Waals surface area contributed by atoms with Crippen molar-refractivity contribution in [2.45, 2.75) is 19.9 Å². The van der Waals surface area contributed by atoms with E-state index in [1.54, 1.807) is 6.07 Å². The smallest absolute Gasteiger partial charge is 0.124 e. The van der Waals surface area contributed by atoms with Crippen molar-refractivity contribution in [3.05, 3.63) is 41.7 Å². The fraction of sp³-hybridized carbons (Fsp3) is 0.333. The first-order chi connectivity index (χ1) is 7.17. The van der Waals surface area contributed by atoms with E-state index >= 15 is 0 Å². The molecule has 0 saturated heterocycles. The van der Waals surface area contributed by atoms with E-state index in [9.17, 15) is 4.39 Å². The molecule has 0 amide bonds. The predicted molar refractivity (Wildman–Crippen MR) is 59.2 cm³/mol. The Morgan fingerprint density at radius 1 is 1.53 bits per heavy atom. The summed E-state index contributed by atoms with van der Waals surface area (Å²) >= 11 is 0. The molecule has 0 unspecified atom stereocenters. The number of benzene rings is 1. The van der Waals surface area contributed by atoms with Crippen LogP contribution in [0, 0.1) is 5.82 Å². The lowest BCUT2D eigenvalue weighted by Gasteiger charge is -2.10. The highest BCUT2D eigenvalue weighted by atomic mass is 19.1. The highest BCUT2D eigenvalue weighted by molar-refractivity contribution is 5.34. The van der Waals surface area contributed by atoms with Crippen LogP contribution in [0.2, 0.25) is 0 Å². The lowest BCUT2D eigenvalue weighted by Crippen LogP contribution is -2.05. The van der Waals surface area contributed by atoms with Crippen molar-refractivity contribution in [2.24, 2.45) is 5.73 Å². The van der Waals surface area contributed by atoms with E-state index in [0.717, 1.165) is 12.0 Å². The first-order valence-corrected chi connectivity index (χ1v) is 4.95. The molecule has 15 heavy (non-hydrogen) atoms. The van der Waals surface area contributed by atoms with Gasteiger partial charge in [0.05, 0.1) is 0 Å². The molecule has 0 fully saturated rings. The summed E-state index contributed by atoms with van der Waals surface area (Å²) in [5.41, 5.74) is 7.17. The van der Waals surface area contributed by atoms with Gasteiger partial charge in [-0.05, 0) is 30.2 Å². The minimum Gasteiger partial charge on any atom is -0.489 e. The summed E-state index contributed by atoms with van der Waals surface area (Å²) in [7, 11) is 0. The Bertz CT molecular complexity index is 349. The van der Waals surface area contributed by atoms with Crippen LogP contribution in [0.1, 0.15) is 18.9 Å². The van der Waals surface area contributed by atoms with Gasteiger partial charge in [0.25, 0.3) is 0 Å². The standard InChI is InChI=1S/C12H16FNO/c1-3-9(2)8-15-12-5-4-11(13)6-10(12)7-14/h4-6H,2-3,7-8,14H2,1H3. The van der Waals surface area contributed by atoms with Crippen LogP contribution in [0.4, 0.5) is 4.39 Å². The minimum absolute atomic E-state index is 0.270. The number of nitrogens with two attached hydrogens (primary N) is 1. The van der Waals surface area contributed by atoms with E-state index < -0.39 is 0 Å². The van der Waals surface area contributed by atoms with E-state index in [1.165, 1.54) is 12.1 Å². The van der Waals surface area contributed by atoms with Crippen LogP contribution in [0.3, 0.4) is 0 Å². The molecule has 3 heteroatoms. The molecule has 0 atom stereocenters. The van der Waals surface area contributed by atoms with Gasteiger partial charge in [0.2, 0.25) is 0 Å². The van der Waals surface area contributed by atoms with Gasteiger partial charge in [0.15, 0.2) is 0 Å². The quantitative estimate of drug-likeness (QED) is 0.756. The summed E-state index contributed by atoms with van der Waals surface area (Å²) < 4.78 is 18.4. The molecule has 0 bridgehead atoms. The first-order valence-electron chi connectivity index (χ1n) is 4.95. The molecule has 0 saturated carbocycles. The number of hydrogen-bond acceptors (Lipinski definition) is 2. The highest BCUT2D eigenvalue weighted by Crippen LogP contribution is 2.19. The maximum Gasteiger partial charge on any atom is 0.124 e. The number of ether oxygens (including phenoxy) is 1. The van der Waals surface area contributed by atoms with Gasteiger partial charge >= 0.3 is 0 Å². The van der Waals surface area contributed by atoms with Gasteiger partial charge in [0, 0.05) is 12.1 Å². The second-order valence-corrected chi connectivity index (χ2v) is 3.35. The second kappa shape index (κ2) is 5.51. The molecule has 0 heterocycles. The van der Waals surface area contributed by atoms with Crippen molar-refractivity contribution >= 4 is 0 Å². The number of halogens is 1. The Kier molecular flexibility index (Phi) is 4.31. The first kappa shape index (κ1) is 11.7. The van der Waals surface area contributed by atoms with Gasteiger partial charge in [-0.25, -0.2) is 4.39 Å². The Morgan fingerprint density at radius 2 is 2.27 bits per heavy atom. The van der Waals surface area contributed by atoms with Crippen LogP contribution >= 0.6 is 0 Å². The van der Waals surface area contributed by atoms with Crippen molar-refractivity contribution in [1.29, 1.82) is 0 Å². The van der Waals surface area contributed by atoms with Crippen molar-refractivity contribution in [2.75, 3.05) is 6.61 Å². The van der Waals surface area contributed by atoms with Crippen LogP contribution in [-0.2, 0) is 6.54 Å². The van der Waals surface area contributed by atoms with E-state index in [-0.39, 0.29) is 12.4 Å². The van der Waals surface area contributed by atoms with Gasteiger partial charge in [-0.2, -0.15) is 0 Å². The molecule has 0 spiro atoms. The van der Waals surface area contributed by atoms with Gasteiger partial charge in [-0.15, -0.1) is 0 Å². The third-order valence-electron chi connectivity index (χ3n) is 2.17. The second-order valence-electron chi connectivity index (χ2n) is 3.35. The Balaban J connectivity index is 2.72. The Hall–Kier alpha value is -1.35. The molecule has 2 nitrogen and oxygen atoms in total. The average molecular weight is 209 g/mol. The monoisotopic (exact) mass is 209 g/mol. The van der Waals surface area contributed by atoms with Crippen molar-refractivity contribution < 1.29 is 9.13 Å². The molecule has 1 aromatic rings. The normalized spacial score (nSPS) is 10.1. The van der Waals surface area contributed by atoms with Gasteiger partial charge < -0.3 is 10.5 Å². The molecule has 0 aliphatic heterocycles. The van der Waals surface area contributed by atoms with Crippen molar-refractivity contribution in [1.82, 2.24) is 0 Å². The summed E-state index contributed by atoms with van der Waals surface area (Å²) in [6.45, 7) is 6.57. The van der Waals surface area contributed by atoms with Crippen LogP contribution in [0.15, 0.2) is 30.4 Å². The van der Waals surface area contributed by atoms with Crippen molar-refractivity contribution in [3.8, 4) is 5.75 Å². The zero-order chi connectivity index (χ0) is 11.3. The average Bonchev–Trinajstić information content (AvgIpc) is 2.26. The van der Waals surface area contributed by atoms with Crippen LogP contribution in [0.25, 0.3) is 0 Å². The molecule has 0 aliphatic carbocycles. The van der Waals surface area contributed by atoms with Crippen LogP contribution < -0.4 is 10.5 Å². The van der Waals surface area contributed by atoms with Gasteiger partial charge in [-0.3, -0.25) is 0 Å². The molecule has 1 aromatic carbocycles. The summed E-state index contributed by atoms with van der Waals surface area (Å²) in [5, 5.41) is 0. The Morgan fingerprint density at radius 3 is 2.87 bits per heavy atom. The van der Waals surface area contributed by atoms with E-state index in [1.807, 2.05) is 6.92 Å². The molecule has 2 N–H and O–H groups in total. The largest absolute Gasteiger partial charge is 0.489 e. The van der Waals surface area contributed by atoms with E-state index in [2.05, 4.69) is 6.58 Å². The molecule has 1 rings (SSSR count). The topological polar surface area (TPSA) is 35.2 Å². The number of rotatable bonds is 5. The lowest BCUT2D eigenvalue weighted by molar-refractivity contribution is 0.344. The Labute approximate surface area is 89.6 Å². The van der Waals surface area contributed by atoms with Crippen LogP contribution in [0.5, 0.6) is 5.75 Å². The predicted octanol–water partition coefficient (Wildman–Crippen LogP) is 2.63. The summed E-state index contributed by atoms with van der Waals surface area (Å²) in [6.07, 6.45) is 0.874. The lowest BCUT2D eigenvalue weighted by atomic mass is 10.2. The highest BCUT2D eigenvalue weighted by Gasteiger charge is 2.04. The van der Waals surface area contributed by atoms with E-state index in [0.29, 0.717) is 17.9 Å². The zero-order valence-corrected chi connectivity index (χ0v) is 8.92. The third-order valence-corrected chi connectivity index (χ3v) is 2.17. The van der Waals surface area contributed by atoms with Gasteiger partial charge in [0.1, 0.15) is 18.2 Å². The zero-order valence-electron chi connectivity index (χ0n) is 8.92.